The van der Waals surface area contributed by atoms with E-state index in [1.807, 2.05) is 6.07 Å². The number of carbonyl (C=O) groups excluding carboxylic acids is 3. The Morgan fingerprint density at radius 3 is 2.40 bits per heavy atom. The molecule has 2 N–H and O–H groups in total. The molecule has 0 radical (unpaired) electrons. The second kappa shape index (κ2) is 10.9. The summed E-state index contributed by atoms with van der Waals surface area (Å²) in [5.41, 5.74) is 0.113. The van der Waals surface area contributed by atoms with Gasteiger partial charge in [-0.1, -0.05) is 24.1 Å². The van der Waals surface area contributed by atoms with Crippen LogP contribution in [0.25, 0.3) is 0 Å². The summed E-state index contributed by atoms with van der Waals surface area (Å²) < 4.78 is 5.12. The minimum atomic E-state index is -1.13. The fraction of sp³-hybridized carbons (Fsp3) is 0.455. The van der Waals surface area contributed by atoms with Gasteiger partial charge in [-0.2, -0.15) is 5.26 Å². The van der Waals surface area contributed by atoms with E-state index < -0.39 is 36.1 Å². The summed E-state index contributed by atoms with van der Waals surface area (Å²) >= 11 is 0. The molecule has 0 aliphatic heterocycles. The van der Waals surface area contributed by atoms with Crippen molar-refractivity contribution in [1.82, 2.24) is 15.5 Å². The molecule has 1 atom stereocenters. The predicted octanol–water partition coefficient (Wildman–Crippen LogP) is 2.11. The summed E-state index contributed by atoms with van der Waals surface area (Å²) in [6, 6.07) is 7.27. The molecule has 0 aromatic heterocycles. The maximum absolute atomic E-state index is 13.0. The van der Waals surface area contributed by atoms with Crippen LogP contribution in [0.2, 0.25) is 0 Å². The van der Waals surface area contributed by atoms with Crippen LogP contribution in [0, 0.1) is 23.7 Å². The normalized spacial score (nSPS) is 11.6. The van der Waals surface area contributed by atoms with Crippen molar-refractivity contribution in [2.45, 2.75) is 52.3 Å². The van der Waals surface area contributed by atoms with E-state index in [0.717, 1.165) is 4.90 Å². The van der Waals surface area contributed by atoms with Crippen LogP contribution in [0.1, 0.15) is 51.8 Å². The maximum atomic E-state index is 13.0. The number of hydrogen-bond donors (Lipinski definition) is 2. The van der Waals surface area contributed by atoms with Crippen LogP contribution in [0.4, 0.5) is 4.79 Å². The Morgan fingerprint density at radius 2 is 1.87 bits per heavy atom. The molecule has 8 nitrogen and oxygen atoms in total. The van der Waals surface area contributed by atoms with Gasteiger partial charge in [0, 0.05) is 11.6 Å². The lowest BCUT2D eigenvalue weighted by atomic mass is 9.98. The maximum Gasteiger partial charge on any atom is 0.408 e. The summed E-state index contributed by atoms with van der Waals surface area (Å²) in [5, 5.41) is 14.4. The highest BCUT2D eigenvalue weighted by Gasteiger charge is 2.33. The molecule has 0 aliphatic carbocycles. The Morgan fingerprint density at radius 1 is 1.23 bits per heavy atom. The average molecular weight is 412 g/mol. The Labute approximate surface area is 177 Å². The SMILES string of the molecule is C#Cc1ccccc1C(C(=O)NC(C)C)N(CC#N)C(=O)CNC(=O)OC(C)(C)C. The number of amides is 3. The zero-order valence-corrected chi connectivity index (χ0v) is 18.0. The molecule has 0 spiro atoms. The summed E-state index contributed by atoms with van der Waals surface area (Å²) in [5.74, 6) is 1.40. The lowest BCUT2D eigenvalue weighted by Gasteiger charge is -2.31. The van der Waals surface area contributed by atoms with Crippen molar-refractivity contribution < 1.29 is 19.1 Å². The molecule has 160 valence electrons. The third-order valence-corrected chi connectivity index (χ3v) is 3.75. The fourth-order valence-electron chi connectivity index (χ4n) is 2.64. The van der Waals surface area contributed by atoms with Gasteiger partial charge >= 0.3 is 6.09 Å². The van der Waals surface area contributed by atoms with Gasteiger partial charge in [-0.15, -0.1) is 6.42 Å². The summed E-state index contributed by atoms with van der Waals surface area (Å²) in [6.07, 6.45) is 4.80. The van der Waals surface area contributed by atoms with Crippen LogP contribution in [0.5, 0.6) is 0 Å². The number of terminal acetylenes is 1. The summed E-state index contributed by atoms with van der Waals surface area (Å²) in [4.78, 5) is 38.8. The van der Waals surface area contributed by atoms with Gasteiger partial charge in [0.1, 0.15) is 24.7 Å². The molecule has 0 aliphatic rings. The van der Waals surface area contributed by atoms with Crippen molar-refractivity contribution in [2.24, 2.45) is 0 Å². The Bertz CT molecular complexity index is 859. The first-order valence-electron chi connectivity index (χ1n) is 9.49. The van der Waals surface area contributed by atoms with Gasteiger partial charge in [-0.05, 0) is 46.2 Å². The number of ether oxygens (including phenoxy) is 1. The highest BCUT2D eigenvalue weighted by Crippen LogP contribution is 2.25. The number of nitrogens with zero attached hydrogens (tertiary/aromatic N) is 2. The van der Waals surface area contributed by atoms with E-state index in [-0.39, 0.29) is 12.6 Å². The smallest absolute Gasteiger partial charge is 0.408 e. The summed E-state index contributed by atoms with van der Waals surface area (Å²) in [7, 11) is 0. The molecule has 0 saturated carbocycles. The number of hydrogen-bond acceptors (Lipinski definition) is 5. The van der Waals surface area contributed by atoms with E-state index in [1.165, 1.54) is 0 Å². The molecule has 1 aromatic rings. The Balaban J connectivity index is 3.23. The highest BCUT2D eigenvalue weighted by molar-refractivity contribution is 5.91. The molecule has 1 unspecified atom stereocenters. The Hall–Kier alpha value is -3.52. The molecule has 0 heterocycles. The largest absolute Gasteiger partial charge is 0.444 e. The van der Waals surface area contributed by atoms with E-state index in [2.05, 4.69) is 16.6 Å². The first-order valence-corrected chi connectivity index (χ1v) is 9.49. The van der Waals surface area contributed by atoms with Gasteiger partial charge in [0.25, 0.3) is 0 Å². The van der Waals surface area contributed by atoms with Gasteiger partial charge in [0.05, 0.1) is 6.07 Å². The number of alkyl carbamates (subject to hydrolysis) is 1. The van der Waals surface area contributed by atoms with Crippen LogP contribution in [0.15, 0.2) is 24.3 Å². The second-order valence-electron chi connectivity index (χ2n) is 7.83. The monoisotopic (exact) mass is 412 g/mol. The fourth-order valence-corrected chi connectivity index (χ4v) is 2.64. The second-order valence-corrected chi connectivity index (χ2v) is 7.83. The van der Waals surface area contributed by atoms with Crippen molar-refractivity contribution >= 4 is 17.9 Å². The zero-order chi connectivity index (χ0) is 22.9. The van der Waals surface area contributed by atoms with Crippen molar-refractivity contribution in [3.63, 3.8) is 0 Å². The van der Waals surface area contributed by atoms with Crippen molar-refractivity contribution in [1.29, 1.82) is 5.26 Å². The van der Waals surface area contributed by atoms with Crippen LogP contribution in [-0.2, 0) is 14.3 Å². The molecule has 8 heteroatoms. The zero-order valence-electron chi connectivity index (χ0n) is 18.0. The van der Waals surface area contributed by atoms with Gasteiger partial charge in [-0.3, -0.25) is 9.59 Å². The van der Waals surface area contributed by atoms with Crippen LogP contribution >= 0.6 is 0 Å². The molecule has 1 rings (SSSR count). The van der Waals surface area contributed by atoms with Crippen LogP contribution < -0.4 is 10.6 Å². The standard InChI is InChI=1S/C22H28N4O4/c1-7-16-10-8-9-11-17(16)19(20(28)25-15(2)3)26(13-12-23)18(27)14-24-21(29)30-22(4,5)6/h1,8-11,15,19H,13-14H2,2-6H3,(H,24,29)(H,25,28). The molecule has 1 aromatic carbocycles. The molecule has 0 bridgehead atoms. The van der Waals surface area contributed by atoms with Crippen LogP contribution in [0.3, 0.4) is 0 Å². The van der Waals surface area contributed by atoms with E-state index in [1.54, 1.807) is 58.9 Å². The van der Waals surface area contributed by atoms with Crippen LogP contribution in [-0.4, -0.2) is 47.5 Å². The quantitative estimate of drug-likeness (QED) is 0.526. The molecule has 30 heavy (non-hydrogen) atoms. The highest BCUT2D eigenvalue weighted by atomic mass is 16.6. The molecule has 0 saturated heterocycles. The predicted molar refractivity (Wildman–Crippen MR) is 112 cm³/mol. The molecule has 3 amide bonds. The topological polar surface area (TPSA) is 112 Å². The number of nitriles is 1. The van der Waals surface area contributed by atoms with E-state index in [9.17, 15) is 19.6 Å². The van der Waals surface area contributed by atoms with Gasteiger partial charge in [0.2, 0.25) is 11.8 Å². The molecule has 0 fully saturated rings. The van der Waals surface area contributed by atoms with Crippen molar-refractivity contribution in [3.8, 4) is 18.4 Å². The summed E-state index contributed by atoms with van der Waals surface area (Å²) in [6.45, 7) is 7.83. The van der Waals surface area contributed by atoms with Crippen molar-refractivity contribution in [2.75, 3.05) is 13.1 Å². The van der Waals surface area contributed by atoms with Gasteiger partial charge < -0.3 is 20.3 Å². The lowest BCUT2D eigenvalue weighted by molar-refractivity contribution is -0.139. The minimum absolute atomic E-state index is 0.197. The van der Waals surface area contributed by atoms with E-state index in [4.69, 9.17) is 11.2 Å². The number of benzene rings is 1. The van der Waals surface area contributed by atoms with E-state index in [0.29, 0.717) is 11.1 Å². The average Bonchev–Trinajstić information content (AvgIpc) is 2.64. The lowest BCUT2D eigenvalue weighted by Crippen LogP contribution is -2.49. The number of carbonyl (C=O) groups is 3. The van der Waals surface area contributed by atoms with Crippen molar-refractivity contribution in [3.05, 3.63) is 35.4 Å². The first kappa shape index (κ1) is 24.5. The van der Waals surface area contributed by atoms with E-state index >= 15 is 0 Å². The number of nitrogens with one attached hydrogen (secondary N) is 2. The molecular formula is C22H28N4O4. The third-order valence-electron chi connectivity index (χ3n) is 3.75. The first-order chi connectivity index (χ1) is 14.0. The molecular weight excluding hydrogens is 384 g/mol. The third kappa shape index (κ3) is 7.48. The van der Waals surface area contributed by atoms with Gasteiger partial charge in [0.15, 0.2) is 0 Å². The minimum Gasteiger partial charge on any atom is -0.444 e. The van der Waals surface area contributed by atoms with Gasteiger partial charge in [-0.25, -0.2) is 4.79 Å². The Kier molecular flexibility index (Phi) is 8.88. The number of rotatable bonds is 7.